The minimum absolute atomic E-state index is 0.0435. The van der Waals surface area contributed by atoms with Crippen LogP contribution in [0.5, 0.6) is 17.2 Å². The molecule has 0 radical (unpaired) electrons. The highest BCUT2D eigenvalue weighted by molar-refractivity contribution is 6.46. The number of likely N-dealkylation sites (tertiary alicyclic amines) is 1. The lowest BCUT2D eigenvalue weighted by atomic mass is 9.94. The summed E-state index contributed by atoms with van der Waals surface area (Å²) < 4.78 is 22.9. The number of aliphatic hydroxyl groups excluding tert-OH is 1. The van der Waals surface area contributed by atoms with Crippen molar-refractivity contribution in [3.8, 4) is 17.2 Å². The first-order valence-electron chi connectivity index (χ1n) is 13.7. The third-order valence-electron chi connectivity index (χ3n) is 6.99. The fraction of sp³-hybridized carbons (Fsp3) is 0.484. The molecule has 2 heterocycles. The Morgan fingerprint density at radius 3 is 2.62 bits per heavy atom. The van der Waals surface area contributed by atoms with E-state index in [0.29, 0.717) is 67.8 Å². The first kappa shape index (κ1) is 28.5. The molecule has 0 spiro atoms. The zero-order valence-corrected chi connectivity index (χ0v) is 23.5. The first-order valence-corrected chi connectivity index (χ1v) is 13.7. The van der Waals surface area contributed by atoms with Gasteiger partial charge in [-0.25, -0.2) is 0 Å². The number of benzene rings is 2. The second-order valence-electron chi connectivity index (χ2n) is 10.5. The Morgan fingerprint density at radius 1 is 1.10 bits per heavy atom. The lowest BCUT2D eigenvalue weighted by molar-refractivity contribution is -0.140. The molecule has 0 bridgehead atoms. The lowest BCUT2D eigenvalue weighted by Crippen LogP contribution is -2.31. The van der Waals surface area contributed by atoms with Gasteiger partial charge in [-0.15, -0.1) is 0 Å². The number of amides is 1. The number of fused-ring (bicyclic) bond motifs is 1. The standard InChI is InChI=1S/C31H39NO7/c1-6-37-26-18-21(8-11-25(26)38-15-12-19(2)3)28-27(30(34)31(35)32(28)13-7-14-36-5)29(33)22-9-10-24-23(17-22)16-20(4)39-24/h8-11,17-20,28,33H,6-7,12-16H2,1-5H3/t20-,28-/m0/s1. The molecule has 4 rings (SSSR count). The fourth-order valence-electron chi connectivity index (χ4n) is 5.05. The van der Waals surface area contributed by atoms with E-state index in [9.17, 15) is 14.7 Å². The quantitative estimate of drug-likeness (QED) is 0.170. The van der Waals surface area contributed by atoms with Crippen LogP contribution in [0.4, 0.5) is 0 Å². The number of Topliss-reactive ketones (excluding diaryl/α,β-unsaturated/α-hetero) is 1. The molecule has 1 saturated heterocycles. The minimum atomic E-state index is -0.783. The summed E-state index contributed by atoms with van der Waals surface area (Å²) in [4.78, 5) is 28.2. The van der Waals surface area contributed by atoms with Crippen molar-refractivity contribution in [2.75, 3.05) is 33.5 Å². The molecule has 0 aliphatic carbocycles. The number of aliphatic hydroxyl groups is 1. The van der Waals surface area contributed by atoms with Gasteiger partial charge >= 0.3 is 0 Å². The Kier molecular flexibility index (Phi) is 9.17. The van der Waals surface area contributed by atoms with Gasteiger partial charge in [-0.1, -0.05) is 19.9 Å². The molecule has 0 unspecified atom stereocenters. The van der Waals surface area contributed by atoms with Crippen molar-refractivity contribution in [3.63, 3.8) is 0 Å². The predicted molar refractivity (Wildman–Crippen MR) is 148 cm³/mol. The molecule has 2 aliphatic heterocycles. The van der Waals surface area contributed by atoms with E-state index in [1.807, 2.05) is 32.0 Å². The third-order valence-corrected chi connectivity index (χ3v) is 6.99. The molecule has 1 N–H and O–H groups in total. The van der Waals surface area contributed by atoms with Crippen molar-refractivity contribution in [2.24, 2.45) is 5.92 Å². The molecule has 2 aromatic carbocycles. The number of rotatable bonds is 12. The largest absolute Gasteiger partial charge is 0.507 e. The Balaban J connectivity index is 1.77. The Morgan fingerprint density at radius 2 is 1.90 bits per heavy atom. The van der Waals surface area contributed by atoms with Crippen LogP contribution in [-0.4, -0.2) is 61.3 Å². The predicted octanol–water partition coefficient (Wildman–Crippen LogP) is 5.29. The van der Waals surface area contributed by atoms with Gasteiger partial charge in [-0.2, -0.15) is 0 Å². The molecule has 8 heteroatoms. The maximum atomic E-state index is 13.4. The van der Waals surface area contributed by atoms with Gasteiger partial charge in [0.15, 0.2) is 11.5 Å². The summed E-state index contributed by atoms with van der Waals surface area (Å²) in [7, 11) is 1.59. The Bertz CT molecular complexity index is 1240. The monoisotopic (exact) mass is 537 g/mol. The molecule has 2 atom stereocenters. The van der Waals surface area contributed by atoms with Gasteiger partial charge in [0.1, 0.15) is 17.6 Å². The summed E-state index contributed by atoms with van der Waals surface area (Å²) in [6.45, 7) is 9.85. The number of carbonyl (C=O) groups excluding carboxylic acids is 2. The van der Waals surface area contributed by atoms with Crippen LogP contribution in [0.2, 0.25) is 0 Å². The van der Waals surface area contributed by atoms with Crippen LogP contribution in [0, 0.1) is 5.92 Å². The number of nitrogens with zero attached hydrogens (tertiary/aromatic N) is 1. The van der Waals surface area contributed by atoms with Gasteiger partial charge in [0.2, 0.25) is 0 Å². The van der Waals surface area contributed by atoms with Crippen LogP contribution in [-0.2, 0) is 20.7 Å². The Labute approximate surface area is 230 Å². The van der Waals surface area contributed by atoms with Gasteiger partial charge in [0.25, 0.3) is 11.7 Å². The van der Waals surface area contributed by atoms with E-state index in [-0.39, 0.29) is 17.4 Å². The van der Waals surface area contributed by atoms with Crippen LogP contribution >= 0.6 is 0 Å². The van der Waals surface area contributed by atoms with Crippen molar-refractivity contribution in [1.29, 1.82) is 0 Å². The summed E-state index contributed by atoms with van der Waals surface area (Å²) in [5.74, 6) is 0.840. The van der Waals surface area contributed by atoms with Gasteiger partial charge < -0.3 is 29.0 Å². The highest BCUT2D eigenvalue weighted by atomic mass is 16.5. The maximum Gasteiger partial charge on any atom is 0.295 e. The normalized spacial score (nSPS) is 19.9. The number of ether oxygens (including phenoxy) is 4. The van der Waals surface area contributed by atoms with Crippen molar-refractivity contribution >= 4 is 17.4 Å². The zero-order valence-electron chi connectivity index (χ0n) is 23.5. The van der Waals surface area contributed by atoms with Crippen LogP contribution in [0.15, 0.2) is 42.0 Å². The van der Waals surface area contributed by atoms with Gasteiger partial charge in [0.05, 0.1) is 24.8 Å². The molecular weight excluding hydrogens is 498 g/mol. The van der Waals surface area contributed by atoms with Gasteiger partial charge in [-0.05, 0) is 74.1 Å². The molecule has 1 amide bonds. The average molecular weight is 538 g/mol. The molecule has 2 aromatic rings. The van der Waals surface area contributed by atoms with E-state index >= 15 is 0 Å². The van der Waals surface area contributed by atoms with E-state index in [2.05, 4.69) is 13.8 Å². The zero-order chi connectivity index (χ0) is 28.1. The molecule has 39 heavy (non-hydrogen) atoms. The van der Waals surface area contributed by atoms with Crippen molar-refractivity contribution in [2.45, 2.75) is 59.1 Å². The maximum absolute atomic E-state index is 13.4. The van der Waals surface area contributed by atoms with Crippen LogP contribution in [0.3, 0.4) is 0 Å². The highest BCUT2D eigenvalue weighted by Gasteiger charge is 2.46. The van der Waals surface area contributed by atoms with E-state index < -0.39 is 17.7 Å². The van der Waals surface area contributed by atoms with Crippen molar-refractivity contribution < 1.29 is 33.6 Å². The number of carbonyl (C=O) groups is 2. The molecule has 0 saturated carbocycles. The Hall–Kier alpha value is -3.52. The summed E-state index contributed by atoms with van der Waals surface area (Å²) >= 11 is 0. The third kappa shape index (κ3) is 6.22. The number of ketones is 1. The van der Waals surface area contributed by atoms with E-state index in [4.69, 9.17) is 18.9 Å². The first-order chi connectivity index (χ1) is 18.7. The summed E-state index contributed by atoms with van der Waals surface area (Å²) in [6, 6.07) is 10.0. The summed E-state index contributed by atoms with van der Waals surface area (Å²) in [5, 5.41) is 11.5. The SMILES string of the molecule is CCOc1cc([C@H]2C(=C(O)c3ccc4c(c3)C[C@H](C)O4)C(=O)C(=O)N2CCCOC)ccc1OCCC(C)C. The second-order valence-corrected chi connectivity index (χ2v) is 10.5. The smallest absolute Gasteiger partial charge is 0.295 e. The minimum Gasteiger partial charge on any atom is -0.507 e. The number of hydrogen-bond donors (Lipinski definition) is 1. The van der Waals surface area contributed by atoms with E-state index in [1.165, 1.54) is 4.90 Å². The molecule has 8 nitrogen and oxygen atoms in total. The van der Waals surface area contributed by atoms with Gasteiger partial charge in [0, 0.05) is 32.2 Å². The average Bonchev–Trinajstić information content (AvgIpc) is 3.40. The fourth-order valence-corrected chi connectivity index (χ4v) is 5.05. The second kappa shape index (κ2) is 12.6. The van der Waals surface area contributed by atoms with Crippen LogP contribution in [0.25, 0.3) is 5.76 Å². The molecule has 2 aliphatic rings. The van der Waals surface area contributed by atoms with Gasteiger partial charge in [-0.3, -0.25) is 9.59 Å². The van der Waals surface area contributed by atoms with Crippen molar-refractivity contribution in [1.82, 2.24) is 4.90 Å². The molecule has 1 fully saturated rings. The summed E-state index contributed by atoms with van der Waals surface area (Å²) in [5.41, 5.74) is 2.15. The van der Waals surface area contributed by atoms with Crippen molar-refractivity contribution in [3.05, 3.63) is 58.7 Å². The van der Waals surface area contributed by atoms with Crippen LogP contribution < -0.4 is 14.2 Å². The molecular formula is C31H39NO7. The lowest BCUT2D eigenvalue weighted by Gasteiger charge is -2.26. The number of hydrogen-bond acceptors (Lipinski definition) is 7. The molecule has 0 aromatic heterocycles. The van der Waals surface area contributed by atoms with Crippen LogP contribution in [0.1, 0.15) is 63.3 Å². The summed E-state index contributed by atoms with van der Waals surface area (Å²) in [6.07, 6.45) is 2.20. The van der Waals surface area contributed by atoms with E-state index in [1.54, 1.807) is 25.3 Å². The van der Waals surface area contributed by atoms with E-state index in [0.717, 1.165) is 17.7 Å². The highest BCUT2D eigenvalue weighted by Crippen LogP contribution is 2.43. The number of methoxy groups -OCH3 is 1. The topological polar surface area (TPSA) is 94.5 Å². The molecule has 210 valence electrons.